The molecule has 0 amide bonds. The van der Waals surface area contributed by atoms with Crippen LogP contribution in [0.15, 0.2) is 6.20 Å². The van der Waals surface area contributed by atoms with Crippen LogP contribution in [0.1, 0.15) is 28.9 Å². The monoisotopic (exact) mass is 223 g/mol. The molecule has 1 atom stereocenters. The van der Waals surface area contributed by atoms with Crippen LogP contribution in [0, 0.1) is 0 Å². The van der Waals surface area contributed by atoms with Crippen molar-refractivity contribution < 1.29 is 9.90 Å². The molecular weight excluding hydrogens is 206 g/mol. The number of aromatic carboxylic acids is 1. The predicted molar refractivity (Wildman–Crippen MR) is 59.5 cm³/mol. The lowest BCUT2D eigenvalue weighted by Gasteiger charge is -2.19. The van der Waals surface area contributed by atoms with Crippen molar-refractivity contribution in [3.8, 4) is 0 Å². The molecule has 88 valence electrons. The van der Waals surface area contributed by atoms with Crippen molar-refractivity contribution >= 4 is 5.97 Å². The molecule has 2 heterocycles. The first-order chi connectivity index (χ1) is 7.59. The van der Waals surface area contributed by atoms with Gasteiger partial charge in [0.15, 0.2) is 0 Å². The van der Waals surface area contributed by atoms with Crippen molar-refractivity contribution in [3.63, 3.8) is 0 Å². The molecule has 1 saturated heterocycles. The second-order valence-electron chi connectivity index (χ2n) is 4.41. The number of aryl methyl sites for hydroxylation is 1. The Morgan fingerprint density at radius 2 is 2.38 bits per heavy atom. The molecule has 0 saturated carbocycles. The standard InChI is InChI=1S/C11H17N3O2/c1-13-5-3-4-8(13)6-10-9(11(15)16)7-12-14(10)2/h7-8H,3-6H2,1-2H3,(H,15,16). The molecule has 0 spiro atoms. The lowest BCUT2D eigenvalue weighted by molar-refractivity contribution is 0.0695. The second kappa shape index (κ2) is 4.25. The molecule has 1 fully saturated rings. The molecule has 5 nitrogen and oxygen atoms in total. The lowest BCUT2D eigenvalue weighted by atomic mass is 10.1. The van der Waals surface area contributed by atoms with E-state index in [-0.39, 0.29) is 0 Å². The van der Waals surface area contributed by atoms with Crippen molar-refractivity contribution in [3.05, 3.63) is 17.5 Å². The minimum Gasteiger partial charge on any atom is -0.478 e. The molecule has 1 unspecified atom stereocenters. The van der Waals surface area contributed by atoms with Gasteiger partial charge in [-0.05, 0) is 26.4 Å². The summed E-state index contributed by atoms with van der Waals surface area (Å²) in [6.07, 6.45) is 4.55. The van der Waals surface area contributed by atoms with Crippen LogP contribution < -0.4 is 0 Å². The van der Waals surface area contributed by atoms with E-state index in [1.165, 1.54) is 12.6 Å². The Balaban J connectivity index is 2.19. The van der Waals surface area contributed by atoms with Crippen LogP contribution in [-0.2, 0) is 13.5 Å². The van der Waals surface area contributed by atoms with Crippen LogP contribution in [0.5, 0.6) is 0 Å². The van der Waals surface area contributed by atoms with E-state index in [9.17, 15) is 4.79 Å². The van der Waals surface area contributed by atoms with E-state index in [4.69, 9.17) is 5.11 Å². The smallest absolute Gasteiger partial charge is 0.339 e. The van der Waals surface area contributed by atoms with E-state index >= 15 is 0 Å². The van der Waals surface area contributed by atoms with Gasteiger partial charge in [-0.2, -0.15) is 5.10 Å². The fraction of sp³-hybridized carbons (Fsp3) is 0.636. The quantitative estimate of drug-likeness (QED) is 0.821. The Hall–Kier alpha value is -1.36. The Labute approximate surface area is 94.7 Å². The summed E-state index contributed by atoms with van der Waals surface area (Å²) in [4.78, 5) is 13.3. The Bertz CT molecular complexity index is 400. The highest BCUT2D eigenvalue weighted by Crippen LogP contribution is 2.20. The van der Waals surface area contributed by atoms with E-state index in [2.05, 4.69) is 17.0 Å². The SMILES string of the molecule is CN1CCCC1Cc1c(C(=O)O)cnn1C. The van der Waals surface area contributed by atoms with Gasteiger partial charge in [0.2, 0.25) is 0 Å². The maximum absolute atomic E-state index is 11.0. The number of carboxylic acid groups (broad SMARTS) is 1. The summed E-state index contributed by atoms with van der Waals surface area (Å²) >= 11 is 0. The number of hydrogen-bond donors (Lipinski definition) is 1. The zero-order valence-electron chi connectivity index (χ0n) is 9.68. The van der Waals surface area contributed by atoms with Gasteiger partial charge in [-0.1, -0.05) is 0 Å². The van der Waals surface area contributed by atoms with Gasteiger partial charge < -0.3 is 10.0 Å². The van der Waals surface area contributed by atoms with E-state index < -0.39 is 5.97 Å². The van der Waals surface area contributed by atoms with Crippen LogP contribution >= 0.6 is 0 Å². The summed E-state index contributed by atoms with van der Waals surface area (Å²) in [7, 11) is 3.89. The molecule has 2 rings (SSSR count). The number of likely N-dealkylation sites (tertiary alicyclic amines) is 1. The molecule has 5 heteroatoms. The van der Waals surface area contributed by atoms with Gasteiger partial charge in [0.25, 0.3) is 0 Å². The topological polar surface area (TPSA) is 58.4 Å². The van der Waals surface area contributed by atoms with E-state index in [0.717, 1.165) is 25.1 Å². The summed E-state index contributed by atoms with van der Waals surface area (Å²) in [6, 6.07) is 0.452. The third-order valence-corrected chi connectivity index (χ3v) is 3.39. The number of carboxylic acids is 1. The van der Waals surface area contributed by atoms with Crippen molar-refractivity contribution in [2.75, 3.05) is 13.6 Å². The maximum Gasteiger partial charge on any atom is 0.339 e. The first-order valence-corrected chi connectivity index (χ1v) is 5.54. The van der Waals surface area contributed by atoms with Gasteiger partial charge in [-0.3, -0.25) is 4.68 Å². The van der Waals surface area contributed by atoms with Gasteiger partial charge in [0, 0.05) is 19.5 Å². The Kier molecular flexibility index (Phi) is 2.96. The first-order valence-electron chi connectivity index (χ1n) is 5.54. The van der Waals surface area contributed by atoms with Gasteiger partial charge in [-0.25, -0.2) is 4.79 Å². The van der Waals surface area contributed by atoms with E-state index in [0.29, 0.717) is 11.6 Å². The van der Waals surface area contributed by atoms with Crippen LogP contribution in [-0.4, -0.2) is 45.4 Å². The van der Waals surface area contributed by atoms with Gasteiger partial charge in [0.05, 0.1) is 11.9 Å². The van der Waals surface area contributed by atoms with E-state index in [1.54, 1.807) is 11.7 Å². The summed E-state index contributed by atoms with van der Waals surface area (Å²) in [5.41, 5.74) is 1.16. The minimum absolute atomic E-state index is 0.336. The molecule has 0 bridgehead atoms. The molecule has 1 aliphatic rings. The highest BCUT2D eigenvalue weighted by Gasteiger charge is 2.25. The van der Waals surface area contributed by atoms with Crippen LogP contribution in [0.3, 0.4) is 0 Å². The molecule has 1 aromatic rings. The van der Waals surface area contributed by atoms with Crippen molar-refractivity contribution in [1.82, 2.24) is 14.7 Å². The summed E-state index contributed by atoms with van der Waals surface area (Å²) in [6.45, 7) is 1.10. The molecule has 1 aromatic heterocycles. The fourth-order valence-corrected chi connectivity index (χ4v) is 2.34. The van der Waals surface area contributed by atoms with Crippen LogP contribution in [0.4, 0.5) is 0 Å². The normalized spacial score (nSPS) is 21.5. The zero-order chi connectivity index (χ0) is 11.7. The third kappa shape index (κ3) is 1.95. The minimum atomic E-state index is -0.885. The van der Waals surface area contributed by atoms with Gasteiger partial charge >= 0.3 is 5.97 Å². The number of nitrogens with zero attached hydrogens (tertiary/aromatic N) is 3. The number of hydrogen-bond acceptors (Lipinski definition) is 3. The van der Waals surface area contributed by atoms with Crippen molar-refractivity contribution in [2.45, 2.75) is 25.3 Å². The highest BCUT2D eigenvalue weighted by atomic mass is 16.4. The molecule has 1 aliphatic heterocycles. The number of carbonyl (C=O) groups is 1. The molecule has 16 heavy (non-hydrogen) atoms. The molecule has 0 aromatic carbocycles. The summed E-state index contributed by atoms with van der Waals surface area (Å²) < 4.78 is 1.68. The molecule has 0 aliphatic carbocycles. The number of aromatic nitrogens is 2. The Morgan fingerprint density at radius 1 is 1.62 bits per heavy atom. The summed E-state index contributed by atoms with van der Waals surface area (Å²) in [5, 5.41) is 13.1. The second-order valence-corrected chi connectivity index (χ2v) is 4.41. The van der Waals surface area contributed by atoms with Crippen molar-refractivity contribution in [2.24, 2.45) is 7.05 Å². The predicted octanol–water partition coefficient (Wildman–Crippen LogP) is 0.755. The van der Waals surface area contributed by atoms with Crippen LogP contribution in [0.25, 0.3) is 0 Å². The van der Waals surface area contributed by atoms with Crippen LogP contribution in [0.2, 0.25) is 0 Å². The fourth-order valence-electron chi connectivity index (χ4n) is 2.34. The lowest BCUT2D eigenvalue weighted by Crippen LogP contribution is -2.28. The Morgan fingerprint density at radius 3 is 2.94 bits per heavy atom. The van der Waals surface area contributed by atoms with Gasteiger partial charge in [0.1, 0.15) is 5.56 Å². The largest absolute Gasteiger partial charge is 0.478 e. The van der Waals surface area contributed by atoms with E-state index in [1.807, 2.05) is 0 Å². The number of likely N-dealkylation sites (N-methyl/N-ethyl adjacent to an activating group) is 1. The third-order valence-electron chi connectivity index (χ3n) is 3.39. The molecule has 0 radical (unpaired) electrons. The first kappa shape index (κ1) is 11.1. The average Bonchev–Trinajstić information content (AvgIpc) is 2.76. The summed E-state index contributed by atoms with van der Waals surface area (Å²) in [5.74, 6) is -0.885. The van der Waals surface area contributed by atoms with Crippen molar-refractivity contribution in [1.29, 1.82) is 0 Å². The maximum atomic E-state index is 11.0. The highest BCUT2D eigenvalue weighted by molar-refractivity contribution is 5.88. The average molecular weight is 223 g/mol. The molecular formula is C11H17N3O2. The molecule has 1 N–H and O–H groups in total. The zero-order valence-corrected chi connectivity index (χ0v) is 9.68. The van der Waals surface area contributed by atoms with Gasteiger partial charge in [-0.15, -0.1) is 0 Å². The number of rotatable bonds is 3.